The van der Waals surface area contributed by atoms with Gasteiger partial charge in [-0.2, -0.15) is 0 Å². The third kappa shape index (κ3) is 2.62. The van der Waals surface area contributed by atoms with Gasteiger partial charge in [0.05, 0.1) is 10.9 Å². The average Bonchev–Trinajstić information content (AvgIpc) is 2.93. The molecule has 0 fully saturated rings. The Bertz CT molecular complexity index is 1010. The summed E-state index contributed by atoms with van der Waals surface area (Å²) in [5.74, 6) is 0.743. The topological polar surface area (TPSA) is 34.9 Å². The molecule has 1 aliphatic rings. The lowest BCUT2D eigenvalue weighted by Crippen LogP contribution is -2.20. The summed E-state index contributed by atoms with van der Waals surface area (Å²) in [4.78, 5) is 17.3. The van der Waals surface area contributed by atoms with Crippen molar-refractivity contribution in [2.75, 3.05) is 0 Å². The summed E-state index contributed by atoms with van der Waals surface area (Å²) in [6.07, 6.45) is 2.90. The Hall–Kier alpha value is -1.91. The molecule has 0 amide bonds. The van der Waals surface area contributed by atoms with Crippen molar-refractivity contribution >= 4 is 50.1 Å². The second-order valence-electron chi connectivity index (χ2n) is 5.52. The molecule has 0 aliphatic carbocycles. The van der Waals surface area contributed by atoms with Crippen LogP contribution in [0.1, 0.15) is 17.8 Å². The van der Waals surface area contributed by atoms with E-state index in [1.54, 1.807) is 22.8 Å². The van der Waals surface area contributed by atoms with Gasteiger partial charge in [-0.1, -0.05) is 39.7 Å². The second kappa shape index (κ2) is 5.62. The van der Waals surface area contributed by atoms with Crippen LogP contribution >= 0.6 is 27.5 Å². The summed E-state index contributed by atoms with van der Waals surface area (Å²) >= 11 is 9.47. The van der Waals surface area contributed by atoms with Gasteiger partial charge in [-0.15, -0.1) is 0 Å². The second-order valence-corrected chi connectivity index (χ2v) is 6.88. The van der Waals surface area contributed by atoms with Crippen LogP contribution in [0.2, 0.25) is 5.02 Å². The third-order valence-corrected chi connectivity index (χ3v) is 4.78. The minimum Gasteiger partial charge on any atom is -0.292 e. The lowest BCUT2D eigenvalue weighted by atomic mass is 10.1. The summed E-state index contributed by atoms with van der Waals surface area (Å²) in [6.45, 7) is 0.669. The molecule has 4 rings (SSSR count). The van der Waals surface area contributed by atoms with Gasteiger partial charge in [0, 0.05) is 16.0 Å². The van der Waals surface area contributed by atoms with Gasteiger partial charge in [-0.3, -0.25) is 9.36 Å². The number of hydrogen-bond donors (Lipinski definition) is 0. The van der Waals surface area contributed by atoms with Gasteiger partial charge in [0.15, 0.2) is 0 Å². The van der Waals surface area contributed by atoms with Crippen LogP contribution in [0.4, 0.5) is 0 Å². The van der Waals surface area contributed by atoms with Crippen molar-refractivity contribution in [2.24, 2.45) is 0 Å². The van der Waals surface area contributed by atoms with Crippen molar-refractivity contribution in [3.8, 4) is 0 Å². The van der Waals surface area contributed by atoms with Gasteiger partial charge in [0.1, 0.15) is 5.82 Å². The lowest BCUT2D eigenvalue weighted by molar-refractivity contribution is 0.725. The quantitative estimate of drug-likeness (QED) is 0.603. The van der Waals surface area contributed by atoms with Crippen molar-refractivity contribution in [2.45, 2.75) is 13.0 Å². The minimum absolute atomic E-state index is 0.000808. The van der Waals surface area contributed by atoms with Crippen LogP contribution in [0.15, 0.2) is 51.7 Å². The molecule has 0 spiro atoms. The van der Waals surface area contributed by atoms with Gasteiger partial charge in [-0.05, 0) is 54.0 Å². The van der Waals surface area contributed by atoms with Crippen LogP contribution in [-0.4, -0.2) is 9.55 Å². The van der Waals surface area contributed by atoms with Crippen molar-refractivity contribution in [1.29, 1.82) is 0 Å². The standard InChI is InChI=1S/C18H12BrClN2O/c19-13-3-1-11(2-4-13)9-12-7-8-22-17(12)21-16-10-14(20)5-6-15(16)18(22)23/h1-6,9-10H,7-8H2/b12-9+. The summed E-state index contributed by atoms with van der Waals surface area (Å²) < 4.78 is 2.79. The number of hydrogen-bond acceptors (Lipinski definition) is 2. The molecular formula is C18H12BrClN2O. The van der Waals surface area contributed by atoms with E-state index in [0.29, 0.717) is 22.5 Å². The first-order chi connectivity index (χ1) is 11.1. The lowest BCUT2D eigenvalue weighted by Gasteiger charge is -2.06. The first-order valence-corrected chi connectivity index (χ1v) is 8.45. The number of allylic oxidation sites excluding steroid dienone is 1. The number of nitrogens with zero attached hydrogens (tertiary/aromatic N) is 2. The first-order valence-electron chi connectivity index (χ1n) is 7.28. The molecule has 0 radical (unpaired) electrons. The van der Waals surface area contributed by atoms with Crippen molar-refractivity contribution in [1.82, 2.24) is 9.55 Å². The Kier molecular flexibility index (Phi) is 3.58. The highest BCUT2D eigenvalue weighted by Gasteiger charge is 2.20. The summed E-state index contributed by atoms with van der Waals surface area (Å²) in [5.41, 5.74) is 2.82. The molecular weight excluding hydrogens is 376 g/mol. The van der Waals surface area contributed by atoms with E-state index in [4.69, 9.17) is 11.6 Å². The largest absolute Gasteiger partial charge is 0.292 e. The Labute approximate surface area is 146 Å². The molecule has 0 N–H and O–H groups in total. The summed E-state index contributed by atoms with van der Waals surface area (Å²) in [5, 5.41) is 1.20. The normalized spacial score (nSPS) is 15.3. The number of halogens is 2. The molecule has 114 valence electrons. The van der Waals surface area contributed by atoms with E-state index in [1.165, 1.54) is 0 Å². The molecule has 0 saturated heterocycles. The highest BCUT2D eigenvalue weighted by molar-refractivity contribution is 9.10. The van der Waals surface area contributed by atoms with Gasteiger partial charge >= 0.3 is 0 Å². The highest BCUT2D eigenvalue weighted by Crippen LogP contribution is 2.28. The van der Waals surface area contributed by atoms with E-state index < -0.39 is 0 Å². The molecule has 2 aromatic carbocycles. The molecule has 2 heterocycles. The molecule has 23 heavy (non-hydrogen) atoms. The Morgan fingerprint density at radius 1 is 1.17 bits per heavy atom. The van der Waals surface area contributed by atoms with Crippen LogP contribution in [0.25, 0.3) is 22.6 Å². The summed E-state index contributed by atoms with van der Waals surface area (Å²) in [6, 6.07) is 13.3. The number of rotatable bonds is 1. The van der Waals surface area contributed by atoms with E-state index in [9.17, 15) is 4.79 Å². The van der Waals surface area contributed by atoms with Crippen LogP contribution in [0.3, 0.4) is 0 Å². The highest BCUT2D eigenvalue weighted by atomic mass is 79.9. The van der Waals surface area contributed by atoms with Gasteiger partial charge in [-0.25, -0.2) is 4.98 Å². The van der Waals surface area contributed by atoms with Crippen LogP contribution in [-0.2, 0) is 6.54 Å². The molecule has 3 aromatic rings. The molecule has 0 saturated carbocycles. The smallest absolute Gasteiger partial charge is 0.261 e. The van der Waals surface area contributed by atoms with Crippen LogP contribution < -0.4 is 5.56 Å². The predicted molar refractivity (Wildman–Crippen MR) is 97.6 cm³/mol. The Morgan fingerprint density at radius 3 is 2.74 bits per heavy atom. The molecule has 5 heteroatoms. The maximum Gasteiger partial charge on any atom is 0.261 e. The van der Waals surface area contributed by atoms with Crippen molar-refractivity contribution < 1.29 is 0 Å². The predicted octanol–water partition coefficient (Wildman–Crippen LogP) is 4.76. The van der Waals surface area contributed by atoms with Gasteiger partial charge in [0.2, 0.25) is 0 Å². The Balaban J connectivity index is 1.89. The molecule has 0 bridgehead atoms. The van der Waals surface area contributed by atoms with Gasteiger partial charge < -0.3 is 0 Å². The van der Waals surface area contributed by atoms with Crippen LogP contribution in [0, 0.1) is 0 Å². The fourth-order valence-corrected chi connectivity index (χ4v) is 3.32. The number of benzene rings is 2. The molecule has 1 aliphatic heterocycles. The van der Waals surface area contributed by atoms with Crippen molar-refractivity contribution in [3.63, 3.8) is 0 Å². The zero-order chi connectivity index (χ0) is 16.0. The maximum atomic E-state index is 12.6. The summed E-state index contributed by atoms with van der Waals surface area (Å²) in [7, 11) is 0. The third-order valence-electron chi connectivity index (χ3n) is 4.02. The first kappa shape index (κ1) is 14.7. The van der Waals surface area contributed by atoms with E-state index in [2.05, 4.69) is 27.0 Å². The maximum absolute atomic E-state index is 12.6. The Morgan fingerprint density at radius 2 is 1.96 bits per heavy atom. The SMILES string of the molecule is O=c1c2ccc(Cl)cc2nc2n1CC/C2=C\c1ccc(Br)cc1. The van der Waals surface area contributed by atoms with Crippen molar-refractivity contribution in [3.05, 3.63) is 73.7 Å². The molecule has 0 atom stereocenters. The molecule has 3 nitrogen and oxygen atoms in total. The monoisotopic (exact) mass is 386 g/mol. The van der Waals surface area contributed by atoms with E-state index in [1.807, 2.05) is 24.3 Å². The van der Waals surface area contributed by atoms with E-state index in [0.717, 1.165) is 27.9 Å². The van der Waals surface area contributed by atoms with Crippen LogP contribution in [0.5, 0.6) is 0 Å². The average molecular weight is 388 g/mol. The number of aromatic nitrogens is 2. The minimum atomic E-state index is 0.000808. The van der Waals surface area contributed by atoms with Gasteiger partial charge in [0.25, 0.3) is 5.56 Å². The fraction of sp³-hybridized carbons (Fsp3) is 0.111. The van der Waals surface area contributed by atoms with E-state index >= 15 is 0 Å². The molecule has 0 unspecified atom stereocenters. The zero-order valence-electron chi connectivity index (χ0n) is 12.1. The fourth-order valence-electron chi connectivity index (χ4n) is 2.89. The number of fused-ring (bicyclic) bond motifs is 2. The van der Waals surface area contributed by atoms with E-state index in [-0.39, 0.29) is 5.56 Å². The zero-order valence-corrected chi connectivity index (χ0v) is 14.4. The molecule has 1 aromatic heterocycles.